The minimum Gasteiger partial charge on any atom is -0.489 e. The largest absolute Gasteiger partial charge is 0.489 e. The number of Topliss-reactive ketones (excluding diaryl/α,β-unsaturated/α-hetero) is 1. The van der Waals surface area contributed by atoms with Crippen LogP contribution >= 0.6 is 11.6 Å². The molecular formula is C23H20ClN3O5. The molecule has 0 saturated heterocycles. The maximum absolute atomic E-state index is 12.4. The third kappa shape index (κ3) is 4.36. The molecule has 9 heteroatoms. The van der Waals surface area contributed by atoms with Crippen molar-refractivity contribution in [3.63, 3.8) is 0 Å². The first-order valence-corrected chi connectivity index (χ1v) is 10.4. The van der Waals surface area contributed by atoms with Crippen LogP contribution < -0.4 is 4.74 Å². The van der Waals surface area contributed by atoms with Gasteiger partial charge in [0.15, 0.2) is 5.78 Å². The van der Waals surface area contributed by atoms with Crippen LogP contribution in [0.25, 0.3) is 33.7 Å². The summed E-state index contributed by atoms with van der Waals surface area (Å²) >= 11 is 6.31. The number of fused-ring (bicyclic) bond motifs is 1. The van der Waals surface area contributed by atoms with E-state index in [0.717, 1.165) is 0 Å². The Kier molecular flexibility index (Phi) is 5.96. The van der Waals surface area contributed by atoms with Crippen molar-refractivity contribution in [3.8, 4) is 28.6 Å². The molecule has 0 radical (unpaired) electrons. The minimum atomic E-state index is -1.01. The fourth-order valence-electron chi connectivity index (χ4n) is 3.36. The van der Waals surface area contributed by atoms with Crippen LogP contribution in [-0.4, -0.2) is 38.1 Å². The number of ether oxygens (including phenoxy) is 1. The van der Waals surface area contributed by atoms with Crippen LogP contribution in [0.3, 0.4) is 0 Å². The van der Waals surface area contributed by atoms with Crippen LogP contribution in [0.15, 0.2) is 47.1 Å². The average molecular weight is 454 g/mol. The van der Waals surface area contributed by atoms with Crippen molar-refractivity contribution >= 4 is 34.3 Å². The van der Waals surface area contributed by atoms with E-state index in [9.17, 15) is 9.59 Å². The highest BCUT2D eigenvalue weighted by molar-refractivity contribution is 6.32. The van der Waals surface area contributed by atoms with E-state index in [1.165, 1.54) is 0 Å². The number of aromatic nitrogens is 3. The van der Waals surface area contributed by atoms with Crippen LogP contribution in [0.5, 0.6) is 5.75 Å². The smallest absolute Gasteiger partial charge is 0.303 e. The summed E-state index contributed by atoms with van der Waals surface area (Å²) in [4.78, 5) is 30.8. The number of carbonyl (C=O) groups is 2. The molecule has 0 bridgehead atoms. The maximum atomic E-state index is 12.4. The fourth-order valence-corrected chi connectivity index (χ4v) is 3.59. The number of hydrogen-bond donors (Lipinski definition) is 2. The van der Waals surface area contributed by atoms with E-state index >= 15 is 0 Å². The second-order valence-electron chi connectivity index (χ2n) is 7.48. The Morgan fingerprint density at radius 1 is 1.22 bits per heavy atom. The zero-order valence-corrected chi connectivity index (χ0v) is 18.1. The fraction of sp³-hybridized carbons (Fsp3) is 0.217. The number of halogens is 1. The molecule has 0 aliphatic rings. The molecule has 0 aliphatic carbocycles. The van der Waals surface area contributed by atoms with Gasteiger partial charge in [-0.05, 0) is 38.1 Å². The molecule has 0 fully saturated rings. The molecule has 164 valence electrons. The number of para-hydroxylation sites is 1. The number of benzene rings is 2. The Hall–Kier alpha value is -3.65. The number of carboxylic acid groups (broad SMARTS) is 1. The van der Waals surface area contributed by atoms with E-state index in [2.05, 4.69) is 15.1 Å². The monoisotopic (exact) mass is 453 g/mol. The molecule has 2 heterocycles. The molecule has 32 heavy (non-hydrogen) atoms. The van der Waals surface area contributed by atoms with E-state index in [0.29, 0.717) is 50.1 Å². The lowest BCUT2D eigenvalue weighted by Crippen LogP contribution is -2.05. The number of carbonyl (C=O) groups excluding carboxylic acids is 1. The van der Waals surface area contributed by atoms with Gasteiger partial charge in [-0.1, -0.05) is 28.9 Å². The van der Waals surface area contributed by atoms with E-state index < -0.39 is 5.97 Å². The first kappa shape index (κ1) is 21.6. The van der Waals surface area contributed by atoms with Gasteiger partial charge < -0.3 is 19.4 Å². The molecule has 0 aliphatic heterocycles. The third-order valence-electron chi connectivity index (χ3n) is 4.79. The van der Waals surface area contributed by atoms with Gasteiger partial charge >= 0.3 is 5.97 Å². The lowest BCUT2D eigenvalue weighted by Gasteiger charge is -2.11. The van der Waals surface area contributed by atoms with Crippen LogP contribution in [0.2, 0.25) is 5.02 Å². The molecule has 8 nitrogen and oxygen atoms in total. The summed E-state index contributed by atoms with van der Waals surface area (Å²) in [6, 6.07) is 10.6. The summed E-state index contributed by atoms with van der Waals surface area (Å²) in [5.74, 6) is -0.0543. The van der Waals surface area contributed by atoms with E-state index in [-0.39, 0.29) is 24.7 Å². The molecule has 2 aromatic heterocycles. The SMILES string of the molecule is CC(C)Oc1ccc(-c2nc(-c3cccc4c(C(=O)CCC(=O)O)c[nH]c34)no2)cc1Cl. The van der Waals surface area contributed by atoms with Gasteiger partial charge in [-0.15, -0.1) is 0 Å². The van der Waals surface area contributed by atoms with Gasteiger partial charge in [0.2, 0.25) is 5.82 Å². The standard InChI is InChI=1S/C23H20ClN3O5/c1-12(2)31-19-8-6-13(10-17(19)24)23-26-22(27-32-23)15-5-3-4-14-16(11-25-21(14)15)18(28)7-9-20(29)30/h3-6,8,10-12,25H,7,9H2,1-2H3,(H,29,30). The molecule has 0 unspecified atom stereocenters. The second kappa shape index (κ2) is 8.84. The number of ketones is 1. The first-order valence-electron chi connectivity index (χ1n) is 9.99. The van der Waals surface area contributed by atoms with Gasteiger partial charge in [0.05, 0.1) is 23.1 Å². The highest BCUT2D eigenvalue weighted by Crippen LogP contribution is 2.33. The summed E-state index contributed by atoms with van der Waals surface area (Å²) in [7, 11) is 0. The van der Waals surface area contributed by atoms with Crippen molar-refractivity contribution in [2.75, 3.05) is 0 Å². The maximum Gasteiger partial charge on any atom is 0.303 e. The zero-order valence-electron chi connectivity index (χ0n) is 17.4. The summed E-state index contributed by atoms with van der Waals surface area (Å²) < 4.78 is 11.1. The van der Waals surface area contributed by atoms with Crippen molar-refractivity contribution in [3.05, 3.63) is 53.2 Å². The number of aliphatic carboxylic acids is 1. The number of carboxylic acids is 1. The summed E-state index contributed by atoms with van der Waals surface area (Å²) in [5.41, 5.74) is 2.39. The molecule has 4 rings (SSSR count). The molecule has 0 amide bonds. The van der Waals surface area contributed by atoms with E-state index in [1.54, 1.807) is 36.5 Å². The highest BCUT2D eigenvalue weighted by Gasteiger charge is 2.19. The second-order valence-corrected chi connectivity index (χ2v) is 7.89. The van der Waals surface area contributed by atoms with Crippen molar-refractivity contribution in [1.29, 1.82) is 0 Å². The molecule has 2 aromatic carbocycles. The molecule has 4 aromatic rings. The Bertz CT molecular complexity index is 1310. The highest BCUT2D eigenvalue weighted by atomic mass is 35.5. The lowest BCUT2D eigenvalue weighted by atomic mass is 10.0. The van der Waals surface area contributed by atoms with Crippen molar-refractivity contribution in [2.45, 2.75) is 32.8 Å². The van der Waals surface area contributed by atoms with Gasteiger partial charge in [0.1, 0.15) is 5.75 Å². The number of aromatic amines is 1. The van der Waals surface area contributed by atoms with Crippen molar-refractivity contribution < 1.29 is 24.0 Å². The lowest BCUT2D eigenvalue weighted by molar-refractivity contribution is -0.136. The number of hydrogen-bond acceptors (Lipinski definition) is 6. The molecule has 2 N–H and O–H groups in total. The van der Waals surface area contributed by atoms with Gasteiger partial charge in [0.25, 0.3) is 5.89 Å². The summed E-state index contributed by atoms with van der Waals surface area (Å²) in [6.07, 6.45) is 1.28. The van der Waals surface area contributed by atoms with Crippen LogP contribution in [0.4, 0.5) is 0 Å². The predicted molar refractivity (Wildman–Crippen MR) is 119 cm³/mol. The van der Waals surface area contributed by atoms with Crippen LogP contribution in [0, 0.1) is 0 Å². The van der Waals surface area contributed by atoms with Gasteiger partial charge in [-0.25, -0.2) is 0 Å². The number of nitrogens with one attached hydrogen (secondary N) is 1. The molecule has 0 spiro atoms. The van der Waals surface area contributed by atoms with E-state index in [1.807, 2.05) is 19.9 Å². The average Bonchev–Trinajstić information content (AvgIpc) is 3.40. The predicted octanol–water partition coefficient (Wildman–Crippen LogP) is 5.37. The number of H-pyrrole nitrogens is 1. The van der Waals surface area contributed by atoms with Crippen LogP contribution in [0.1, 0.15) is 37.0 Å². The summed E-state index contributed by atoms with van der Waals surface area (Å²) in [5, 5.41) is 14.0. The van der Waals surface area contributed by atoms with Gasteiger partial charge in [-0.2, -0.15) is 4.98 Å². The Labute approximate surface area is 188 Å². The Morgan fingerprint density at radius 3 is 2.75 bits per heavy atom. The number of nitrogens with zero attached hydrogens (tertiary/aromatic N) is 2. The van der Waals surface area contributed by atoms with E-state index in [4.69, 9.17) is 26.0 Å². The third-order valence-corrected chi connectivity index (χ3v) is 5.09. The zero-order chi connectivity index (χ0) is 22.8. The van der Waals surface area contributed by atoms with Crippen LogP contribution in [-0.2, 0) is 4.79 Å². The van der Waals surface area contributed by atoms with Gasteiger partial charge in [-0.3, -0.25) is 9.59 Å². The molecular weight excluding hydrogens is 434 g/mol. The topological polar surface area (TPSA) is 118 Å². The summed E-state index contributed by atoms with van der Waals surface area (Å²) in [6.45, 7) is 3.84. The Morgan fingerprint density at radius 2 is 2.03 bits per heavy atom. The first-order chi connectivity index (χ1) is 15.3. The quantitative estimate of drug-likeness (QED) is 0.344. The van der Waals surface area contributed by atoms with Crippen molar-refractivity contribution in [2.24, 2.45) is 0 Å². The molecule has 0 saturated carbocycles. The number of rotatable bonds is 8. The minimum absolute atomic E-state index is 0.00413. The van der Waals surface area contributed by atoms with Crippen molar-refractivity contribution in [1.82, 2.24) is 15.1 Å². The normalized spacial score (nSPS) is 11.2. The van der Waals surface area contributed by atoms with Gasteiger partial charge in [0, 0.05) is 34.7 Å². The molecule has 0 atom stereocenters. The Balaban J connectivity index is 1.65.